The lowest BCUT2D eigenvalue weighted by atomic mass is 9.75. The maximum Gasteiger partial charge on any atom is 0.495 e. The van der Waals surface area contributed by atoms with E-state index in [0.29, 0.717) is 72.7 Å². The van der Waals surface area contributed by atoms with Crippen LogP contribution in [0, 0.1) is 39.3 Å². The van der Waals surface area contributed by atoms with E-state index in [9.17, 15) is 9.59 Å². The van der Waals surface area contributed by atoms with E-state index in [1.165, 1.54) is 35.9 Å². The Bertz CT molecular complexity index is 3550. The normalized spacial score (nSPS) is 21.0. The van der Waals surface area contributed by atoms with Gasteiger partial charge in [-0.25, -0.2) is 8.78 Å². The minimum absolute atomic E-state index is 0.0383. The summed E-state index contributed by atoms with van der Waals surface area (Å²) < 4.78 is 101. The van der Waals surface area contributed by atoms with Crippen molar-refractivity contribution in [1.29, 1.82) is 0 Å². The molecule has 5 heterocycles. The zero-order chi connectivity index (χ0) is 63.6. The average Bonchev–Trinajstić information content (AvgIpc) is 1.66. The lowest BCUT2D eigenvalue weighted by Crippen LogP contribution is -2.41. The van der Waals surface area contributed by atoms with Gasteiger partial charge < -0.3 is 56.7 Å². The molecule has 0 aromatic heterocycles. The van der Waals surface area contributed by atoms with E-state index in [4.69, 9.17) is 56.7 Å². The van der Waals surface area contributed by atoms with Crippen LogP contribution in [0.3, 0.4) is 0 Å². The first-order valence-corrected chi connectivity index (χ1v) is 32.3. The summed E-state index contributed by atoms with van der Waals surface area (Å²) in [6.07, 6.45) is 6.77. The largest absolute Gasteiger partial charge is 0.495 e. The smallest absolute Gasteiger partial charge is 0.492 e. The Labute approximate surface area is 536 Å². The van der Waals surface area contributed by atoms with Gasteiger partial charge in [0.1, 0.15) is 70.5 Å². The summed E-state index contributed by atoms with van der Waals surface area (Å²) in [5.41, 5.74) is 11.8. The fraction of sp³-hybridized carbons (Fsp3) is 0.472. The van der Waals surface area contributed by atoms with Crippen molar-refractivity contribution in [2.24, 2.45) is 0 Å². The van der Waals surface area contributed by atoms with Crippen molar-refractivity contribution in [3.05, 3.63) is 157 Å². The Morgan fingerprint density at radius 2 is 0.978 bits per heavy atom. The molecule has 0 N–H and O–H groups in total. The van der Waals surface area contributed by atoms with E-state index in [1.807, 2.05) is 70.2 Å². The number of rotatable bonds is 14. The van der Waals surface area contributed by atoms with Crippen LogP contribution in [0.5, 0.6) is 34.5 Å². The number of aryl methyl sites for hydroxylation is 4. The first-order valence-electron chi connectivity index (χ1n) is 31.5. The molecule has 0 saturated carbocycles. The van der Waals surface area contributed by atoms with E-state index in [2.05, 4.69) is 67.9 Å². The summed E-state index contributed by atoms with van der Waals surface area (Å²) in [5.74, 6) is 3.35. The quantitative estimate of drug-likeness (QED) is 0.0753. The molecule has 6 aromatic rings. The van der Waals surface area contributed by atoms with Crippen molar-refractivity contribution in [2.45, 2.75) is 167 Å². The number of ether oxygens (including phenoxy) is 10. The Hall–Kier alpha value is -6.70. The number of carbonyl (C=O) groups excluding carboxylic acids is 2. The molecule has 3 saturated heterocycles. The minimum atomic E-state index is -0.543. The second-order valence-corrected chi connectivity index (χ2v) is 26.3. The molecule has 0 radical (unpaired) electrons. The third-order valence-corrected chi connectivity index (χ3v) is 20.1. The first kappa shape index (κ1) is 64.8. The van der Waals surface area contributed by atoms with Crippen molar-refractivity contribution in [2.75, 3.05) is 53.9 Å². The maximum absolute atomic E-state index is 15.3. The zero-order valence-corrected chi connectivity index (χ0v) is 54.9. The van der Waals surface area contributed by atoms with Crippen LogP contribution in [0.4, 0.5) is 8.78 Å². The Morgan fingerprint density at radius 3 is 1.44 bits per heavy atom. The molecular formula is C72H82BBrF2O14. The lowest BCUT2D eigenvalue weighted by Gasteiger charge is -2.32. The number of esters is 2. The van der Waals surface area contributed by atoms with Crippen LogP contribution >= 0.6 is 15.9 Å². The minimum Gasteiger partial charge on any atom is -0.492 e. The molecule has 4 atom stereocenters. The van der Waals surface area contributed by atoms with Crippen molar-refractivity contribution >= 4 is 40.4 Å². The second-order valence-electron chi connectivity index (χ2n) is 25.5. The van der Waals surface area contributed by atoms with Crippen molar-refractivity contribution in [3.8, 4) is 45.6 Å². The van der Waals surface area contributed by atoms with E-state index in [1.54, 1.807) is 12.1 Å². The number of methoxy groups -OCH3 is 2. The molecule has 18 heteroatoms. The molecule has 2 aliphatic carbocycles. The van der Waals surface area contributed by atoms with Crippen LogP contribution in [0.25, 0.3) is 11.1 Å². The summed E-state index contributed by atoms with van der Waals surface area (Å²) in [4.78, 5) is 23.4. The number of hydrogen-bond acceptors (Lipinski definition) is 14. The van der Waals surface area contributed by atoms with Gasteiger partial charge in [-0.05, 0) is 180 Å². The van der Waals surface area contributed by atoms with E-state index in [-0.39, 0.29) is 54.4 Å². The van der Waals surface area contributed by atoms with Gasteiger partial charge in [0.25, 0.3) is 0 Å². The average molecular weight is 1300 g/mol. The molecule has 2 unspecified atom stereocenters. The molecule has 6 aromatic carbocycles. The summed E-state index contributed by atoms with van der Waals surface area (Å²) in [6.45, 7) is 20.4. The molecule has 0 bridgehead atoms. The monoisotopic (exact) mass is 1300 g/mol. The number of benzene rings is 6. The molecule has 14 nitrogen and oxygen atoms in total. The molecule has 0 spiro atoms. The van der Waals surface area contributed by atoms with Gasteiger partial charge in [-0.3, -0.25) is 9.59 Å². The molecule has 5 aliphatic heterocycles. The second kappa shape index (κ2) is 27.6. The number of fused-ring (bicyclic) bond motifs is 4. The van der Waals surface area contributed by atoms with Crippen LogP contribution in [0.1, 0.15) is 159 Å². The maximum atomic E-state index is 15.3. The lowest BCUT2D eigenvalue weighted by molar-refractivity contribution is -0.142. The van der Waals surface area contributed by atoms with Gasteiger partial charge in [0.2, 0.25) is 0 Å². The third kappa shape index (κ3) is 14.2. The third-order valence-electron chi connectivity index (χ3n) is 18.8. The molecule has 90 heavy (non-hydrogen) atoms. The predicted octanol–water partition coefficient (Wildman–Crippen LogP) is 14.6. The van der Waals surface area contributed by atoms with Crippen molar-refractivity contribution in [3.63, 3.8) is 0 Å². The highest BCUT2D eigenvalue weighted by atomic mass is 79.9. The Kier molecular flexibility index (Phi) is 19.9. The molecule has 13 rings (SSSR count). The van der Waals surface area contributed by atoms with Crippen LogP contribution in [-0.2, 0) is 50.7 Å². The Balaban J connectivity index is 0.000000151. The van der Waals surface area contributed by atoms with E-state index in [0.717, 1.165) is 120 Å². The molecule has 3 fully saturated rings. The highest BCUT2D eigenvalue weighted by Crippen LogP contribution is 2.47. The van der Waals surface area contributed by atoms with Crippen molar-refractivity contribution < 1.29 is 75.0 Å². The first-order chi connectivity index (χ1) is 43.2. The van der Waals surface area contributed by atoms with Gasteiger partial charge in [-0.15, -0.1) is 0 Å². The van der Waals surface area contributed by atoms with E-state index < -0.39 is 30.5 Å². The standard InChI is InChI=1S/C33H35FO6.C26H30BFO6.C13H17BrO2/c1-19-14-24(39-22-10-12-37-13-11-22)15-20(2)32(19)26-6-8-28(34)33-27(26)7-9-29(33)40-23-4-5-25-21(16-31(35)36-3)18-38-30(25)17-23;1-25(2)26(3,4)34-27(33-25)19-9-10-20(28)24-18(19)8-11-21(24)32-16-6-7-17-15(12-23(29)30-5)14-31-22(17)13-16;1-9-7-12(8-10(2)13(9)14)16-11-3-5-15-6-4-11/h4-6,8,14-15,17,21-22,29H,7,9-13,16,18H2,1-3H3;6-7,9-10,13,15,21H,8,11-12,14H2,1-5H3;7-8,11H,3-6H2,1-2H3/t21?,29-;15?,21-;/m11./s1. The number of hydrogen-bond donors (Lipinski definition) is 0. The predicted molar refractivity (Wildman–Crippen MR) is 342 cm³/mol. The molecule has 7 aliphatic rings. The number of halogens is 3. The highest BCUT2D eigenvalue weighted by Gasteiger charge is 2.53. The van der Waals surface area contributed by atoms with E-state index >= 15 is 8.78 Å². The van der Waals surface area contributed by atoms with Crippen LogP contribution in [0.2, 0.25) is 0 Å². The van der Waals surface area contributed by atoms with Crippen LogP contribution in [0.15, 0.2) is 89.4 Å². The van der Waals surface area contributed by atoms with Gasteiger partial charge in [-0.1, -0.05) is 40.2 Å². The van der Waals surface area contributed by atoms with Gasteiger partial charge in [0.05, 0.1) is 77.9 Å². The fourth-order valence-corrected chi connectivity index (χ4v) is 13.5. The van der Waals surface area contributed by atoms with Gasteiger partial charge in [0, 0.05) is 76.4 Å². The van der Waals surface area contributed by atoms with Crippen LogP contribution in [-0.4, -0.2) is 96.3 Å². The highest BCUT2D eigenvalue weighted by molar-refractivity contribution is 9.10. The SMILES string of the molecule is COC(=O)CC1COc2cc(O[C@@H]3CCc4c(-c5c(C)cc(OC6CCOCC6)cc5C)ccc(F)c43)ccc21.COC(=O)CC1COc2cc(O[C@@H]3CCc4c(B5OC(C)(C)C(C)(C)O5)ccc(F)c43)ccc21.Cc1cc(OC2CCOCC2)cc(C)c1Br. The van der Waals surface area contributed by atoms with Crippen LogP contribution < -0.4 is 33.9 Å². The van der Waals surface area contributed by atoms with Crippen molar-refractivity contribution in [1.82, 2.24) is 0 Å². The fourth-order valence-electron chi connectivity index (χ4n) is 13.3. The topological polar surface area (TPSA) is 145 Å². The van der Waals surface area contributed by atoms with Gasteiger partial charge in [-0.2, -0.15) is 0 Å². The zero-order valence-electron chi connectivity index (χ0n) is 53.3. The Morgan fingerprint density at radius 1 is 0.544 bits per heavy atom. The summed E-state index contributed by atoms with van der Waals surface area (Å²) >= 11 is 3.56. The summed E-state index contributed by atoms with van der Waals surface area (Å²) in [6, 6.07) is 26.3. The summed E-state index contributed by atoms with van der Waals surface area (Å²) in [5, 5.41) is 0. The molecular weight excluding hydrogens is 1220 g/mol. The number of carbonyl (C=O) groups is 2. The van der Waals surface area contributed by atoms with Gasteiger partial charge in [0.15, 0.2) is 0 Å². The molecule has 0 amide bonds. The summed E-state index contributed by atoms with van der Waals surface area (Å²) in [7, 11) is 2.23. The van der Waals surface area contributed by atoms with Gasteiger partial charge >= 0.3 is 19.1 Å². The molecule has 478 valence electrons.